The number of imide groups is 1. The van der Waals surface area contributed by atoms with Crippen molar-refractivity contribution in [2.24, 2.45) is 0 Å². The summed E-state index contributed by atoms with van der Waals surface area (Å²) in [5.41, 5.74) is 1.62. The van der Waals surface area contributed by atoms with Crippen molar-refractivity contribution < 1.29 is 18.0 Å². The number of nitrogens with zero attached hydrogens (tertiary/aromatic N) is 2. The fourth-order valence-electron chi connectivity index (χ4n) is 4.27. The quantitative estimate of drug-likeness (QED) is 0.345. The van der Waals surface area contributed by atoms with Gasteiger partial charge in [0.1, 0.15) is 6.04 Å². The maximum atomic E-state index is 13.6. The SMILES string of the molecule is O=C1CC(N(CCC2=CCCCC2)S(=O)(=O)c2ccc(Cl)cc2)C(=O)N1c1ccc(Br)cc1. The zero-order valence-electron chi connectivity index (χ0n) is 17.9. The Morgan fingerprint density at radius 2 is 1.73 bits per heavy atom. The fourth-order valence-corrected chi connectivity index (χ4v) is 6.25. The normalized spacial score (nSPS) is 19.3. The Balaban J connectivity index is 1.67. The molecule has 4 rings (SSSR count). The van der Waals surface area contributed by atoms with Crippen molar-refractivity contribution in [1.29, 1.82) is 0 Å². The lowest BCUT2D eigenvalue weighted by molar-refractivity contribution is -0.122. The molecule has 33 heavy (non-hydrogen) atoms. The summed E-state index contributed by atoms with van der Waals surface area (Å²) in [5.74, 6) is -0.946. The molecule has 174 valence electrons. The molecule has 1 aliphatic heterocycles. The molecule has 1 atom stereocenters. The average molecular weight is 552 g/mol. The van der Waals surface area contributed by atoms with Crippen molar-refractivity contribution >= 4 is 55.1 Å². The molecule has 2 aromatic rings. The number of sulfonamides is 1. The van der Waals surface area contributed by atoms with Crippen LogP contribution in [-0.4, -0.2) is 37.1 Å². The molecular formula is C24H24BrClN2O4S. The van der Waals surface area contributed by atoms with Crippen molar-refractivity contribution in [2.75, 3.05) is 11.4 Å². The third-order valence-corrected chi connectivity index (χ3v) is 8.72. The monoisotopic (exact) mass is 550 g/mol. The molecule has 9 heteroatoms. The zero-order valence-corrected chi connectivity index (χ0v) is 21.1. The van der Waals surface area contributed by atoms with Crippen molar-refractivity contribution in [1.82, 2.24) is 4.31 Å². The second-order valence-electron chi connectivity index (χ2n) is 8.19. The van der Waals surface area contributed by atoms with E-state index in [1.165, 1.54) is 34.1 Å². The van der Waals surface area contributed by atoms with Gasteiger partial charge < -0.3 is 0 Å². The van der Waals surface area contributed by atoms with Crippen LogP contribution in [0.4, 0.5) is 5.69 Å². The van der Waals surface area contributed by atoms with Crippen LogP contribution in [-0.2, 0) is 19.6 Å². The van der Waals surface area contributed by atoms with Gasteiger partial charge >= 0.3 is 0 Å². The van der Waals surface area contributed by atoms with E-state index in [2.05, 4.69) is 22.0 Å². The molecule has 1 fully saturated rings. The van der Waals surface area contributed by atoms with Gasteiger partial charge in [-0.3, -0.25) is 9.59 Å². The summed E-state index contributed by atoms with van der Waals surface area (Å²) < 4.78 is 29.3. The number of anilines is 1. The summed E-state index contributed by atoms with van der Waals surface area (Å²) in [6.45, 7) is 0.134. The number of hydrogen-bond acceptors (Lipinski definition) is 4. The van der Waals surface area contributed by atoms with Crippen LogP contribution in [0.5, 0.6) is 0 Å². The van der Waals surface area contributed by atoms with E-state index in [0.29, 0.717) is 17.1 Å². The summed E-state index contributed by atoms with van der Waals surface area (Å²) in [7, 11) is -4.03. The van der Waals surface area contributed by atoms with Crippen molar-refractivity contribution in [3.05, 3.63) is 69.7 Å². The second-order valence-corrected chi connectivity index (χ2v) is 11.4. The lowest BCUT2D eigenvalue weighted by Crippen LogP contribution is -2.46. The fraction of sp³-hybridized carbons (Fsp3) is 0.333. The van der Waals surface area contributed by atoms with E-state index in [4.69, 9.17) is 11.6 Å². The Bertz CT molecular complexity index is 1180. The first-order valence-electron chi connectivity index (χ1n) is 10.8. The van der Waals surface area contributed by atoms with Crippen LogP contribution >= 0.6 is 27.5 Å². The second kappa shape index (κ2) is 10.1. The third kappa shape index (κ3) is 5.24. The number of benzene rings is 2. The molecule has 1 aliphatic carbocycles. The van der Waals surface area contributed by atoms with Gasteiger partial charge in [0.2, 0.25) is 15.9 Å². The Morgan fingerprint density at radius 3 is 2.36 bits per heavy atom. The average Bonchev–Trinajstić information content (AvgIpc) is 3.09. The van der Waals surface area contributed by atoms with Crippen LogP contribution in [0, 0.1) is 0 Å². The van der Waals surface area contributed by atoms with Gasteiger partial charge in [-0.05, 0) is 80.6 Å². The summed E-state index contributed by atoms with van der Waals surface area (Å²) in [6.07, 6.45) is 6.62. The number of rotatable bonds is 7. The van der Waals surface area contributed by atoms with E-state index < -0.39 is 27.9 Å². The van der Waals surface area contributed by atoms with E-state index in [9.17, 15) is 18.0 Å². The largest absolute Gasteiger partial charge is 0.274 e. The lowest BCUT2D eigenvalue weighted by atomic mass is 9.97. The predicted molar refractivity (Wildman–Crippen MR) is 132 cm³/mol. The molecule has 0 bridgehead atoms. The third-order valence-electron chi connectivity index (χ3n) is 6.01. The number of halogens is 2. The summed E-state index contributed by atoms with van der Waals surface area (Å²) in [5, 5.41) is 0.418. The van der Waals surface area contributed by atoms with Gasteiger partial charge in [0.15, 0.2) is 0 Å². The standard InChI is InChI=1S/C24H24BrClN2O4S/c25-18-6-10-20(11-7-18)28-23(29)16-22(24(28)30)27(15-14-17-4-2-1-3-5-17)33(31,32)21-12-8-19(26)9-13-21/h4,6-13,22H,1-3,5,14-16H2. The Hall–Kier alpha value is -2.00. The number of carbonyl (C=O) groups is 2. The van der Waals surface area contributed by atoms with E-state index in [0.717, 1.165) is 35.1 Å². The van der Waals surface area contributed by atoms with Crippen LogP contribution in [0.3, 0.4) is 0 Å². The smallest absolute Gasteiger partial charge is 0.252 e. The van der Waals surface area contributed by atoms with Crippen LogP contribution in [0.1, 0.15) is 38.5 Å². The molecule has 2 aliphatic rings. The van der Waals surface area contributed by atoms with Gasteiger partial charge in [0.25, 0.3) is 5.91 Å². The minimum absolute atomic E-state index is 0.0480. The number of allylic oxidation sites excluding steroid dienone is 1. The molecule has 1 heterocycles. The van der Waals surface area contributed by atoms with Crippen molar-refractivity contribution in [3.8, 4) is 0 Å². The van der Waals surface area contributed by atoms with Crippen LogP contribution in [0.2, 0.25) is 5.02 Å². The maximum absolute atomic E-state index is 13.6. The van der Waals surface area contributed by atoms with Gasteiger partial charge in [-0.15, -0.1) is 0 Å². The molecule has 0 spiro atoms. The van der Waals surface area contributed by atoms with Crippen molar-refractivity contribution in [3.63, 3.8) is 0 Å². The Morgan fingerprint density at radius 1 is 1.03 bits per heavy atom. The molecule has 0 saturated carbocycles. The van der Waals surface area contributed by atoms with Crippen molar-refractivity contribution in [2.45, 2.75) is 49.5 Å². The number of hydrogen-bond donors (Lipinski definition) is 0. The van der Waals surface area contributed by atoms with E-state index in [1.54, 1.807) is 24.3 Å². The van der Waals surface area contributed by atoms with Crippen LogP contribution < -0.4 is 4.90 Å². The highest BCUT2D eigenvalue weighted by Gasteiger charge is 2.46. The number of amides is 2. The molecule has 0 radical (unpaired) electrons. The zero-order chi connectivity index (χ0) is 23.6. The van der Waals surface area contributed by atoms with Gasteiger partial charge in [-0.1, -0.05) is 39.2 Å². The highest BCUT2D eigenvalue weighted by atomic mass is 79.9. The van der Waals surface area contributed by atoms with Gasteiger partial charge in [0, 0.05) is 16.0 Å². The topological polar surface area (TPSA) is 74.8 Å². The number of carbonyl (C=O) groups excluding carboxylic acids is 2. The predicted octanol–water partition coefficient (Wildman–Crippen LogP) is 5.32. The minimum Gasteiger partial charge on any atom is -0.274 e. The Kier molecular flexibility index (Phi) is 7.38. The maximum Gasteiger partial charge on any atom is 0.252 e. The summed E-state index contributed by atoms with van der Waals surface area (Å²) in [4.78, 5) is 27.4. The molecule has 1 saturated heterocycles. The molecule has 0 aromatic heterocycles. The first kappa shape index (κ1) is 24.1. The first-order chi connectivity index (χ1) is 15.8. The van der Waals surface area contributed by atoms with Gasteiger partial charge in [0.05, 0.1) is 17.0 Å². The highest BCUT2D eigenvalue weighted by Crippen LogP contribution is 2.31. The lowest BCUT2D eigenvalue weighted by Gasteiger charge is -2.27. The van der Waals surface area contributed by atoms with Crippen LogP contribution in [0.25, 0.3) is 0 Å². The Labute approximate surface area is 207 Å². The molecule has 1 unspecified atom stereocenters. The van der Waals surface area contributed by atoms with Crippen LogP contribution in [0.15, 0.2) is 69.5 Å². The van der Waals surface area contributed by atoms with E-state index in [-0.39, 0.29) is 17.9 Å². The summed E-state index contributed by atoms with van der Waals surface area (Å²) >= 11 is 9.29. The highest BCUT2D eigenvalue weighted by molar-refractivity contribution is 9.10. The van der Waals surface area contributed by atoms with E-state index in [1.807, 2.05) is 0 Å². The molecule has 6 nitrogen and oxygen atoms in total. The molecule has 2 aromatic carbocycles. The molecule has 0 N–H and O–H groups in total. The van der Waals surface area contributed by atoms with Gasteiger partial charge in [-0.2, -0.15) is 4.31 Å². The summed E-state index contributed by atoms with van der Waals surface area (Å²) in [6, 6.07) is 11.6. The minimum atomic E-state index is -4.03. The van der Waals surface area contributed by atoms with E-state index >= 15 is 0 Å². The molecule has 2 amide bonds. The van der Waals surface area contributed by atoms with Gasteiger partial charge in [-0.25, -0.2) is 13.3 Å². The molecular weight excluding hydrogens is 528 g/mol. The first-order valence-corrected chi connectivity index (χ1v) is 13.5.